The SMILES string of the molecule is COc1cc(-c2cnc3cc(OCCCO[S+](C)(=O)O)ccn23)cc(OC(F)F)c1C(=O)NC1CC1. The largest absolute Gasteiger partial charge is 0.496 e. The van der Waals surface area contributed by atoms with Crippen molar-refractivity contribution < 1.29 is 40.7 Å². The zero-order chi connectivity index (χ0) is 25.9. The zero-order valence-electron chi connectivity index (χ0n) is 19.6. The highest BCUT2D eigenvalue weighted by Gasteiger charge is 2.29. The molecule has 0 radical (unpaired) electrons. The van der Waals surface area contributed by atoms with E-state index in [2.05, 4.69) is 10.3 Å². The van der Waals surface area contributed by atoms with Crippen LogP contribution >= 0.6 is 0 Å². The Bertz CT molecular complexity index is 1290. The highest BCUT2D eigenvalue weighted by atomic mass is 32.3. The molecule has 0 saturated heterocycles. The van der Waals surface area contributed by atoms with E-state index >= 15 is 0 Å². The van der Waals surface area contributed by atoms with Gasteiger partial charge in [0.2, 0.25) is 0 Å². The molecule has 1 fully saturated rings. The number of benzene rings is 1. The first-order valence-electron chi connectivity index (χ1n) is 11.1. The summed E-state index contributed by atoms with van der Waals surface area (Å²) >= 11 is 0. The molecule has 1 aliphatic rings. The van der Waals surface area contributed by atoms with E-state index in [0.29, 0.717) is 29.1 Å². The Balaban J connectivity index is 1.58. The Labute approximate surface area is 207 Å². The van der Waals surface area contributed by atoms with E-state index < -0.39 is 23.0 Å². The van der Waals surface area contributed by atoms with Crippen molar-refractivity contribution in [2.75, 3.05) is 26.6 Å². The molecule has 3 aromatic rings. The van der Waals surface area contributed by atoms with E-state index in [1.807, 2.05) is 0 Å². The molecule has 0 bridgehead atoms. The maximum Gasteiger partial charge on any atom is 0.387 e. The lowest BCUT2D eigenvalue weighted by Gasteiger charge is -2.16. The number of halogens is 2. The number of rotatable bonds is 12. The third-order valence-electron chi connectivity index (χ3n) is 5.28. The van der Waals surface area contributed by atoms with Crippen molar-refractivity contribution >= 4 is 22.0 Å². The molecule has 0 aliphatic heterocycles. The van der Waals surface area contributed by atoms with E-state index in [0.717, 1.165) is 19.1 Å². The molecule has 13 heteroatoms. The predicted octanol–water partition coefficient (Wildman–Crippen LogP) is 3.81. The minimum atomic E-state index is -3.25. The van der Waals surface area contributed by atoms with Crippen molar-refractivity contribution in [3.05, 3.63) is 42.2 Å². The van der Waals surface area contributed by atoms with Crippen LogP contribution in [0.1, 0.15) is 29.6 Å². The highest BCUT2D eigenvalue weighted by Crippen LogP contribution is 2.37. The minimum Gasteiger partial charge on any atom is -0.496 e. The van der Waals surface area contributed by atoms with Gasteiger partial charge in [-0.2, -0.15) is 13.3 Å². The fourth-order valence-corrected chi connectivity index (χ4v) is 3.95. The van der Waals surface area contributed by atoms with Crippen LogP contribution in [-0.4, -0.2) is 59.1 Å². The van der Waals surface area contributed by atoms with E-state index in [9.17, 15) is 17.8 Å². The number of carbonyl (C=O) groups is 1. The molecule has 1 amide bonds. The normalized spacial score (nSPS) is 15.1. The van der Waals surface area contributed by atoms with Gasteiger partial charge in [0.1, 0.15) is 35.1 Å². The Morgan fingerprint density at radius 2 is 2.03 bits per heavy atom. The molecule has 1 unspecified atom stereocenters. The third kappa shape index (κ3) is 6.47. The van der Waals surface area contributed by atoms with Crippen molar-refractivity contribution in [1.29, 1.82) is 0 Å². The summed E-state index contributed by atoms with van der Waals surface area (Å²) in [6.45, 7) is -2.80. The third-order valence-corrected chi connectivity index (χ3v) is 5.89. The van der Waals surface area contributed by atoms with Crippen LogP contribution in [0.2, 0.25) is 0 Å². The molecule has 1 saturated carbocycles. The molecule has 2 N–H and O–H groups in total. The van der Waals surface area contributed by atoms with Crippen molar-refractivity contribution in [3.8, 4) is 28.5 Å². The number of nitrogens with one attached hydrogen (secondary N) is 1. The average molecular weight is 527 g/mol. The van der Waals surface area contributed by atoms with Crippen LogP contribution in [-0.2, 0) is 18.9 Å². The summed E-state index contributed by atoms with van der Waals surface area (Å²) in [5.41, 5.74) is 1.44. The van der Waals surface area contributed by atoms with Gasteiger partial charge in [-0.15, -0.1) is 4.18 Å². The Hall–Kier alpha value is -3.29. The molecule has 0 spiro atoms. The van der Waals surface area contributed by atoms with Gasteiger partial charge in [0.15, 0.2) is 6.26 Å². The molecule has 10 nitrogen and oxygen atoms in total. The van der Waals surface area contributed by atoms with Gasteiger partial charge in [0.05, 0.1) is 25.6 Å². The number of alkyl halides is 2. The molecule has 1 aromatic carbocycles. The Morgan fingerprint density at radius 3 is 2.69 bits per heavy atom. The van der Waals surface area contributed by atoms with Gasteiger partial charge >= 0.3 is 17.1 Å². The average Bonchev–Trinajstić information content (AvgIpc) is 3.52. The number of methoxy groups -OCH3 is 1. The molecular formula is C23H26F2N3O7S+. The molecule has 2 heterocycles. The summed E-state index contributed by atoms with van der Waals surface area (Å²) in [4.78, 5) is 17.1. The fraction of sp³-hybridized carbons (Fsp3) is 0.391. The number of aromatic nitrogens is 2. The minimum absolute atomic E-state index is 0.0201. The van der Waals surface area contributed by atoms with Gasteiger partial charge in [-0.1, -0.05) is 0 Å². The van der Waals surface area contributed by atoms with Crippen LogP contribution in [0.25, 0.3) is 16.9 Å². The van der Waals surface area contributed by atoms with Crippen LogP contribution < -0.4 is 19.5 Å². The topological polar surface area (TPSA) is 121 Å². The molecule has 2 aromatic heterocycles. The summed E-state index contributed by atoms with van der Waals surface area (Å²) in [7, 11) is -1.90. The Morgan fingerprint density at radius 1 is 1.28 bits per heavy atom. The summed E-state index contributed by atoms with van der Waals surface area (Å²) < 4.78 is 68.8. The number of pyridine rings is 1. The monoisotopic (exact) mass is 526 g/mol. The van der Waals surface area contributed by atoms with Crippen LogP contribution in [0.15, 0.2) is 36.7 Å². The van der Waals surface area contributed by atoms with Gasteiger partial charge in [-0.3, -0.25) is 9.20 Å². The van der Waals surface area contributed by atoms with E-state index in [1.165, 1.54) is 13.2 Å². The lowest BCUT2D eigenvalue weighted by molar-refractivity contribution is -0.0502. The maximum atomic E-state index is 13.2. The van der Waals surface area contributed by atoms with Crippen LogP contribution in [0.3, 0.4) is 0 Å². The van der Waals surface area contributed by atoms with Crippen LogP contribution in [0, 0.1) is 0 Å². The number of amides is 1. The van der Waals surface area contributed by atoms with Gasteiger partial charge in [-0.25, -0.2) is 4.98 Å². The van der Waals surface area contributed by atoms with Crippen molar-refractivity contribution in [3.63, 3.8) is 0 Å². The summed E-state index contributed by atoms with van der Waals surface area (Å²) in [6, 6.07) is 6.33. The summed E-state index contributed by atoms with van der Waals surface area (Å²) in [5.74, 6) is -0.222. The quantitative estimate of drug-likeness (QED) is 0.270. The number of fused-ring (bicyclic) bond motifs is 1. The summed E-state index contributed by atoms with van der Waals surface area (Å²) in [5, 5.41) is 2.77. The molecule has 36 heavy (non-hydrogen) atoms. The standard InChI is InChI=1S/C23H25F2N3O7S/c1-32-18-10-14(11-19(35-23(24)25)21(18)22(29)27-15-4-5-15)17-13-26-20-12-16(6-7-28(17)20)33-8-3-9-34-36(2,30)31/h6-7,10-13,15,23H,3-5,8-9H2,1-2H3,(H-,27,29,30,31)/p+1. The second kappa shape index (κ2) is 10.8. The molecule has 194 valence electrons. The van der Waals surface area contributed by atoms with E-state index in [-0.39, 0.29) is 36.3 Å². The van der Waals surface area contributed by atoms with Crippen molar-refractivity contribution in [2.24, 2.45) is 0 Å². The molecule has 4 rings (SSSR count). The number of carbonyl (C=O) groups excluding carboxylic acids is 1. The second-order valence-electron chi connectivity index (χ2n) is 8.17. The van der Waals surface area contributed by atoms with Crippen molar-refractivity contribution in [2.45, 2.75) is 31.9 Å². The lowest BCUT2D eigenvalue weighted by Crippen LogP contribution is -2.26. The van der Waals surface area contributed by atoms with E-state index in [4.69, 9.17) is 22.9 Å². The van der Waals surface area contributed by atoms with Gasteiger partial charge < -0.3 is 19.5 Å². The second-order valence-corrected chi connectivity index (χ2v) is 9.87. The number of hydrogen-bond acceptors (Lipinski definition) is 7. The predicted molar refractivity (Wildman–Crippen MR) is 127 cm³/mol. The maximum absolute atomic E-state index is 13.2. The van der Waals surface area contributed by atoms with Gasteiger partial charge in [0.25, 0.3) is 5.91 Å². The number of ether oxygens (including phenoxy) is 3. The number of hydrogen-bond donors (Lipinski definition) is 2. The van der Waals surface area contributed by atoms with E-state index in [1.54, 1.807) is 35.0 Å². The van der Waals surface area contributed by atoms with Crippen molar-refractivity contribution in [1.82, 2.24) is 14.7 Å². The first kappa shape index (κ1) is 25.8. The lowest BCUT2D eigenvalue weighted by atomic mass is 10.1. The summed E-state index contributed by atoms with van der Waals surface area (Å²) in [6.07, 6.45) is 6.42. The Kier molecular flexibility index (Phi) is 7.71. The number of imidazole rings is 1. The van der Waals surface area contributed by atoms with Crippen LogP contribution in [0.4, 0.5) is 8.78 Å². The van der Waals surface area contributed by atoms with Gasteiger partial charge in [0, 0.05) is 30.3 Å². The first-order valence-corrected chi connectivity index (χ1v) is 12.9. The first-order chi connectivity index (χ1) is 17.1. The number of nitrogens with zero attached hydrogens (tertiary/aromatic N) is 2. The molecule has 1 aliphatic carbocycles. The highest BCUT2D eigenvalue weighted by molar-refractivity contribution is 7.92. The van der Waals surface area contributed by atoms with Crippen LogP contribution in [0.5, 0.6) is 17.2 Å². The molecule has 1 atom stereocenters. The smallest absolute Gasteiger partial charge is 0.387 e. The zero-order valence-corrected chi connectivity index (χ0v) is 20.4. The molecular weight excluding hydrogens is 500 g/mol. The van der Waals surface area contributed by atoms with Gasteiger partial charge in [-0.05, 0) is 35.2 Å². The fourth-order valence-electron chi connectivity index (χ4n) is 3.52.